The lowest BCUT2D eigenvalue weighted by molar-refractivity contribution is -0.218. The van der Waals surface area contributed by atoms with E-state index >= 15 is 0 Å². The lowest BCUT2D eigenvalue weighted by atomic mass is 10.1. The Balaban J connectivity index is 2.83. The molecule has 1 aliphatic rings. The molecule has 1 saturated heterocycles. The maximum atomic E-state index is 6.42. The third kappa shape index (κ3) is 5.28. The molecule has 0 aromatic carbocycles. The first-order chi connectivity index (χ1) is 10.4. The van der Waals surface area contributed by atoms with Crippen LogP contribution in [0.1, 0.15) is 60.8 Å². The van der Waals surface area contributed by atoms with Crippen LogP contribution in [0.4, 0.5) is 0 Å². The fourth-order valence-corrected chi connectivity index (χ4v) is 5.25. The maximum Gasteiger partial charge on any atom is 0.501 e. The van der Waals surface area contributed by atoms with E-state index in [4.69, 9.17) is 22.8 Å². The molecule has 132 valence electrons. The number of ether oxygens (including phenoxy) is 2. The predicted molar refractivity (Wildman–Crippen MR) is 88.8 cm³/mol. The summed E-state index contributed by atoms with van der Waals surface area (Å²) in [5.41, 5.74) is 0. The van der Waals surface area contributed by atoms with E-state index in [0.717, 1.165) is 25.3 Å². The van der Waals surface area contributed by atoms with Crippen LogP contribution >= 0.6 is 0 Å². The Morgan fingerprint density at radius 1 is 1.14 bits per heavy atom. The van der Waals surface area contributed by atoms with Gasteiger partial charge < -0.3 is 22.8 Å². The zero-order chi connectivity index (χ0) is 16.6. The van der Waals surface area contributed by atoms with Crippen molar-refractivity contribution in [1.29, 1.82) is 0 Å². The Morgan fingerprint density at radius 2 is 1.73 bits per heavy atom. The van der Waals surface area contributed by atoms with Crippen molar-refractivity contribution in [3.63, 3.8) is 0 Å². The maximum absolute atomic E-state index is 6.42. The summed E-state index contributed by atoms with van der Waals surface area (Å²) in [5.74, 6) is -0.716. The summed E-state index contributed by atoms with van der Waals surface area (Å²) in [7, 11) is -2.69. The second kappa shape index (κ2) is 9.35. The zero-order valence-electron chi connectivity index (χ0n) is 15.1. The first-order valence-electron chi connectivity index (χ1n) is 8.72. The summed E-state index contributed by atoms with van der Waals surface area (Å²) in [6.45, 7) is 14.2. The molecule has 5 nitrogen and oxygen atoms in total. The molecular weight excluding hydrogens is 300 g/mol. The predicted octanol–water partition coefficient (Wildman–Crippen LogP) is 3.75. The third-order valence-corrected chi connectivity index (χ3v) is 6.60. The Bertz CT molecular complexity index is 307. The van der Waals surface area contributed by atoms with E-state index in [1.807, 2.05) is 13.8 Å². The first-order valence-corrected chi connectivity index (χ1v) is 10.7. The number of rotatable bonds is 11. The molecular formula is C16H34O5Si. The van der Waals surface area contributed by atoms with Crippen LogP contribution in [0.5, 0.6) is 0 Å². The monoisotopic (exact) mass is 334 g/mol. The summed E-state index contributed by atoms with van der Waals surface area (Å²) in [5, 5.41) is 0. The van der Waals surface area contributed by atoms with Gasteiger partial charge in [0.1, 0.15) is 6.10 Å². The minimum Gasteiger partial charge on any atom is -0.373 e. The van der Waals surface area contributed by atoms with Gasteiger partial charge in [0.2, 0.25) is 0 Å². The molecule has 3 unspecified atom stereocenters. The van der Waals surface area contributed by atoms with Crippen molar-refractivity contribution in [2.24, 2.45) is 0 Å². The van der Waals surface area contributed by atoms with Crippen LogP contribution in [0.15, 0.2) is 0 Å². The van der Waals surface area contributed by atoms with E-state index in [9.17, 15) is 0 Å². The van der Waals surface area contributed by atoms with Gasteiger partial charge in [-0.15, -0.1) is 0 Å². The van der Waals surface area contributed by atoms with Gasteiger partial charge in [-0.2, -0.15) is 0 Å². The van der Waals surface area contributed by atoms with Crippen molar-refractivity contribution in [3.05, 3.63) is 0 Å². The summed E-state index contributed by atoms with van der Waals surface area (Å²) in [6, 6.07) is 0.759. The minimum absolute atomic E-state index is 0.0912. The van der Waals surface area contributed by atoms with Crippen molar-refractivity contribution in [3.8, 4) is 0 Å². The SMILES string of the molecule is CCCO[Si](CC)(OCCC)OC(CC)C1(C)OCC(C)O1. The van der Waals surface area contributed by atoms with Gasteiger partial charge >= 0.3 is 8.80 Å². The molecule has 1 aliphatic heterocycles. The highest BCUT2D eigenvalue weighted by atomic mass is 28.4. The Morgan fingerprint density at radius 3 is 2.09 bits per heavy atom. The molecule has 22 heavy (non-hydrogen) atoms. The molecule has 0 aliphatic carbocycles. The highest BCUT2D eigenvalue weighted by Crippen LogP contribution is 2.33. The number of hydrogen-bond acceptors (Lipinski definition) is 5. The standard InChI is InChI=1S/C16H34O5Si/c1-7-11-18-22(10-4,19-12-8-2)21-15(9-3)16(6)17-13-14(5)20-16/h14-15H,7-13H2,1-6H3. The van der Waals surface area contributed by atoms with Crippen molar-refractivity contribution in [2.75, 3.05) is 19.8 Å². The van der Waals surface area contributed by atoms with E-state index in [0.29, 0.717) is 19.8 Å². The Hall–Kier alpha value is 0.0169. The van der Waals surface area contributed by atoms with Crippen molar-refractivity contribution < 1.29 is 22.8 Å². The topological polar surface area (TPSA) is 46.2 Å². The van der Waals surface area contributed by atoms with Gasteiger partial charge in [0.25, 0.3) is 0 Å². The van der Waals surface area contributed by atoms with Gasteiger partial charge in [0, 0.05) is 19.3 Å². The van der Waals surface area contributed by atoms with Gasteiger partial charge in [0.15, 0.2) is 5.79 Å². The van der Waals surface area contributed by atoms with E-state index < -0.39 is 14.6 Å². The van der Waals surface area contributed by atoms with Gasteiger partial charge in [-0.1, -0.05) is 27.7 Å². The molecule has 0 spiro atoms. The Kier molecular flexibility index (Phi) is 8.52. The summed E-state index contributed by atoms with van der Waals surface area (Å²) >= 11 is 0. The summed E-state index contributed by atoms with van der Waals surface area (Å²) < 4.78 is 30.4. The zero-order valence-corrected chi connectivity index (χ0v) is 16.1. The van der Waals surface area contributed by atoms with Crippen LogP contribution in [0.2, 0.25) is 6.04 Å². The minimum atomic E-state index is -2.69. The smallest absolute Gasteiger partial charge is 0.373 e. The fraction of sp³-hybridized carbons (Fsp3) is 1.00. The van der Waals surface area contributed by atoms with Crippen LogP contribution in [-0.2, 0) is 22.8 Å². The third-order valence-electron chi connectivity index (χ3n) is 3.80. The quantitative estimate of drug-likeness (QED) is 0.539. The van der Waals surface area contributed by atoms with E-state index in [-0.39, 0.29) is 12.2 Å². The molecule has 6 heteroatoms. The van der Waals surface area contributed by atoms with Gasteiger partial charge in [-0.25, -0.2) is 0 Å². The van der Waals surface area contributed by atoms with Crippen LogP contribution < -0.4 is 0 Å². The molecule has 1 fully saturated rings. The van der Waals surface area contributed by atoms with E-state index in [1.54, 1.807) is 0 Å². The second-order valence-corrected chi connectivity index (χ2v) is 8.89. The molecule has 0 radical (unpaired) electrons. The average molecular weight is 335 g/mol. The van der Waals surface area contributed by atoms with E-state index in [2.05, 4.69) is 27.7 Å². The molecule has 1 heterocycles. The van der Waals surface area contributed by atoms with Crippen molar-refractivity contribution in [1.82, 2.24) is 0 Å². The van der Waals surface area contributed by atoms with Crippen LogP contribution in [0, 0.1) is 0 Å². The molecule has 1 rings (SSSR count). The van der Waals surface area contributed by atoms with Crippen LogP contribution in [0.25, 0.3) is 0 Å². The van der Waals surface area contributed by atoms with Crippen LogP contribution in [0.3, 0.4) is 0 Å². The highest BCUT2D eigenvalue weighted by molar-refractivity contribution is 6.60. The molecule has 3 atom stereocenters. The lowest BCUT2D eigenvalue weighted by Gasteiger charge is -2.38. The molecule has 0 amide bonds. The average Bonchev–Trinajstić information content (AvgIpc) is 2.87. The molecule has 0 aromatic heterocycles. The summed E-state index contributed by atoms with van der Waals surface area (Å²) in [4.78, 5) is 0. The molecule has 0 saturated carbocycles. The highest BCUT2D eigenvalue weighted by Gasteiger charge is 2.49. The van der Waals surface area contributed by atoms with E-state index in [1.165, 1.54) is 0 Å². The molecule has 0 aromatic rings. The normalized spacial score (nSPS) is 27.3. The van der Waals surface area contributed by atoms with Crippen molar-refractivity contribution >= 4 is 8.80 Å². The van der Waals surface area contributed by atoms with Crippen molar-refractivity contribution in [2.45, 2.75) is 84.8 Å². The number of hydrogen-bond donors (Lipinski definition) is 0. The van der Waals surface area contributed by atoms with Gasteiger partial charge in [0.05, 0.1) is 12.7 Å². The van der Waals surface area contributed by atoms with Gasteiger partial charge in [-0.05, 0) is 33.1 Å². The fourth-order valence-electron chi connectivity index (χ4n) is 2.61. The molecule has 0 bridgehead atoms. The largest absolute Gasteiger partial charge is 0.501 e. The molecule has 0 N–H and O–H groups in total. The first kappa shape index (κ1) is 20.1. The second-order valence-electron chi connectivity index (χ2n) is 6.00. The van der Waals surface area contributed by atoms with Crippen LogP contribution in [-0.4, -0.2) is 46.6 Å². The van der Waals surface area contributed by atoms with Gasteiger partial charge in [-0.3, -0.25) is 0 Å². The summed E-state index contributed by atoms with van der Waals surface area (Å²) in [6.07, 6.45) is 2.60. The Labute approximate surface area is 137 Å². The lowest BCUT2D eigenvalue weighted by Crippen LogP contribution is -2.54.